The number of carbonyl (C=O) groups is 2. The van der Waals surface area contributed by atoms with Crippen LogP contribution in [0.2, 0.25) is 0 Å². The predicted octanol–water partition coefficient (Wildman–Crippen LogP) is 3.75. The fraction of sp³-hybridized carbons (Fsp3) is 0.240. The topological polar surface area (TPSA) is 106 Å². The monoisotopic (exact) mass is 449 g/mol. The molecule has 0 unspecified atom stereocenters. The van der Waals surface area contributed by atoms with Crippen LogP contribution in [0.4, 0.5) is 10.1 Å². The highest BCUT2D eigenvalue weighted by atomic mass is 19.1. The van der Waals surface area contributed by atoms with Crippen molar-refractivity contribution in [2.45, 2.75) is 19.8 Å². The molecule has 2 aromatic rings. The standard InChI is InChI=1S/C25H24FN3O4/c1-3-32-21(30)14-20-23(25(31)33-4-2)22(16-10-12-17(26)13-11-16)19(15-27)24(28)29(20)18-8-6-5-7-9-18/h5-14,22-23H,3-4,28H2,1-2H3/b20-14+/t22-,23-/m0/s1. The Morgan fingerprint density at radius 1 is 1.09 bits per heavy atom. The van der Waals surface area contributed by atoms with Crippen LogP contribution >= 0.6 is 0 Å². The number of hydrogen-bond acceptors (Lipinski definition) is 7. The number of hydrogen-bond donors (Lipinski definition) is 1. The Labute approximate surface area is 191 Å². The number of allylic oxidation sites excluding steroid dienone is 1. The van der Waals surface area contributed by atoms with Crippen LogP contribution in [0.25, 0.3) is 0 Å². The van der Waals surface area contributed by atoms with Gasteiger partial charge in [0.25, 0.3) is 0 Å². The fourth-order valence-electron chi connectivity index (χ4n) is 3.86. The summed E-state index contributed by atoms with van der Waals surface area (Å²) >= 11 is 0. The van der Waals surface area contributed by atoms with Crippen molar-refractivity contribution in [3.63, 3.8) is 0 Å². The van der Waals surface area contributed by atoms with Gasteiger partial charge in [0.05, 0.1) is 24.9 Å². The zero-order chi connectivity index (χ0) is 24.0. The highest BCUT2D eigenvalue weighted by Gasteiger charge is 2.45. The lowest BCUT2D eigenvalue weighted by molar-refractivity contribution is -0.147. The fourth-order valence-corrected chi connectivity index (χ4v) is 3.86. The number of nitrogens with zero attached hydrogens (tertiary/aromatic N) is 2. The highest BCUT2D eigenvalue weighted by Crippen LogP contribution is 2.45. The van der Waals surface area contributed by atoms with Crippen LogP contribution in [-0.2, 0) is 19.1 Å². The summed E-state index contributed by atoms with van der Waals surface area (Å²) in [6.45, 7) is 3.55. The molecule has 8 heteroatoms. The van der Waals surface area contributed by atoms with Gasteiger partial charge >= 0.3 is 11.9 Å². The quantitative estimate of drug-likeness (QED) is 0.529. The largest absolute Gasteiger partial charge is 0.465 e. The lowest BCUT2D eigenvalue weighted by atomic mass is 9.75. The average molecular weight is 449 g/mol. The van der Waals surface area contributed by atoms with E-state index in [0.29, 0.717) is 11.3 Å². The molecule has 0 bridgehead atoms. The summed E-state index contributed by atoms with van der Waals surface area (Å²) in [7, 11) is 0. The smallest absolute Gasteiger partial charge is 0.332 e. The van der Waals surface area contributed by atoms with Crippen LogP contribution in [0.1, 0.15) is 25.3 Å². The zero-order valence-electron chi connectivity index (χ0n) is 18.3. The third kappa shape index (κ3) is 4.88. The maximum absolute atomic E-state index is 13.6. The molecule has 0 fully saturated rings. The van der Waals surface area contributed by atoms with Gasteiger partial charge in [0.1, 0.15) is 17.6 Å². The first-order valence-corrected chi connectivity index (χ1v) is 10.5. The van der Waals surface area contributed by atoms with E-state index >= 15 is 0 Å². The molecule has 2 aromatic carbocycles. The van der Waals surface area contributed by atoms with Crippen LogP contribution in [0.15, 0.2) is 77.8 Å². The van der Waals surface area contributed by atoms with Crippen LogP contribution < -0.4 is 10.6 Å². The molecule has 0 aromatic heterocycles. The van der Waals surface area contributed by atoms with E-state index in [4.69, 9.17) is 15.2 Å². The number of nitriles is 1. The zero-order valence-corrected chi connectivity index (χ0v) is 18.3. The Morgan fingerprint density at radius 3 is 2.30 bits per heavy atom. The van der Waals surface area contributed by atoms with Crippen molar-refractivity contribution >= 4 is 17.6 Å². The lowest BCUT2D eigenvalue weighted by Crippen LogP contribution is -2.43. The molecular formula is C25H24FN3O4. The maximum Gasteiger partial charge on any atom is 0.332 e. The molecule has 1 aliphatic heterocycles. The summed E-state index contributed by atoms with van der Waals surface area (Å²) in [4.78, 5) is 27.2. The van der Waals surface area contributed by atoms with Crippen molar-refractivity contribution in [2.24, 2.45) is 11.7 Å². The molecule has 33 heavy (non-hydrogen) atoms. The number of halogens is 1. The van der Waals surface area contributed by atoms with E-state index in [9.17, 15) is 19.2 Å². The summed E-state index contributed by atoms with van der Waals surface area (Å²) in [6.07, 6.45) is 1.19. The molecule has 0 radical (unpaired) electrons. The van der Waals surface area contributed by atoms with Gasteiger partial charge in [0.15, 0.2) is 0 Å². The van der Waals surface area contributed by atoms with Gasteiger partial charge in [0.2, 0.25) is 0 Å². The highest BCUT2D eigenvalue weighted by molar-refractivity contribution is 5.89. The maximum atomic E-state index is 13.6. The normalized spacial score (nSPS) is 19.2. The van der Waals surface area contributed by atoms with E-state index in [0.717, 1.165) is 0 Å². The van der Waals surface area contributed by atoms with Gasteiger partial charge in [-0.15, -0.1) is 0 Å². The second-order valence-corrected chi connectivity index (χ2v) is 7.16. The molecule has 3 rings (SSSR count). The van der Waals surface area contributed by atoms with Crippen molar-refractivity contribution in [3.05, 3.63) is 89.1 Å². The van der Waals surface area contributed by atoms with Gasteiger partial charge in [-0.1, -0.05) is 30.3 Å². The van der Waals surface area contributed by atoms with Crippen molar-refractivity contribution in [1.29, 1.82) is 5.26 Å². The van der Waals surface area contributed by atoms with E-state index < -0.39 is 29.6 Å². The molecule has 0 aliphatic carbocycles. The van der Waals surface area contributed by atoms with E-state index in [1.54, 1.807) is 44.2 Å². The van der Waals surface area contributed by atoms with Crippen LogP contribution in [0.5, 0.6) is 0 Å². The van der Waals surface area contributed by atoms with Gasteiger partial charge in [-0.05, 0) is 43.7 Å². The third-order valence-corrected chi connectivity index (χ3v) is 5.19. The number of para-hydroxylation sites is 1. The number of anilines is 1. The summed E-state index contributed by atoms with van der Waals surface area (Å²) in [6, 6.07) is 16.4. The summed E-state index contributed by atoms with van der Waals surface area (Å²) in [5.41, 5.74) is 7.79. The minimum atomic E-state index is -1.11. The number of esters is 2. The Kier molecular flexibility index (Phi) is 7.46. The van der Waals surface area contributed by atoms with E-state index in [1.807, 2.05) is 0 Å². The molecular weight excluding hydrogens is 425 g/mol. The van der Waals surface area contributed by atoms with Crippen LogP contribution in [0, 0.1) is 23.1 Å². The van der Waals surface area contributed by atoms with Gasteiger partial charge in [0, 0.05) is 23.4 Å². The van der Waals surface area contributed by atoms with Gasteiger partial charge in [-0.25, -0.2) is 9.18 Å². The molecule has 0 saturated carbocycles. The van der Waals surface area contributed by atoms with Gasteiger partial charge in [-0.3, -0.25) is 9.69 Å². The van der Waals surface area contributed by atoms with Crippen molar-refractivity contribution in [2.75, 3.05) is 18.1 Å². The first-order valence-electron chi connectivity index (χ1n) is 10.5. The summed E-state index contributed by atoms with van der Waals surface area (Å²) in [5, 5.41) is 10.0. The van der Waals surface area contributed by atoms with Crippen LogP contribution in [-0.4, -0.2) is 25.2 Å². The van der Waals surface area contributed by atoms with E-state index in [-0.39, 0.29) is 30.3 Å². The third-order valence-electron chi connectivity index (χ3n) is 5.19. The SMILES string of the molecule is CCOC(=O)/C=C1\[C@H](C(=O)OCC)[C@@H](c2ccc(F)cc2)C(C#N)=C(N)N1c1ccccc1. The predicted molar refractivity (Wildman–Crippen MR) is 120 cm³/mol. The molecule has 0 saturated heterocycles. The number of ether oxygens (including phenoxy) is 2. The summed E-state index contributed by atoms with van der Waals surface area (Å²) in [5.74, 6) is -3.74. The Bertz CT molecular complexity index is 1120. The molecule has 0 amide bonds. The van der Waals surface area contributed by atoms with E-state index in [2.05, 4.69) is 6.07 Å². The number of nitrogens with two attached hydrogens (primary N) is 1. The molecule has 7 nitrogen and oxygen atoms in total. The first kappa shape index (κ1) is 23.5. The Balaban J connectivity index is 2.34. The van der Waals surface area contributed by atoms with Gasteiger partial charge in [-0.2, -0.15) is 5.26 Å². The van der Waals surface area contributed by atoms with Crippen molar-refractivity contribution < 1.29 is 23.5 Å². The van der Waals surface area contributed by atoms with Crippen molar-refractivity contribution in [3.8, 4) is 6.07 Å². The number of rotatable bonds is 6. The molecule has 1 aliphatic rings. The molecule has 0 spiro atoms. The second-order valence-electron chi connectivity index (χ2n) is 7.16. The summed E-state index contributed by atoms with van der Waals surface area (Å²) < 4.78 is 24.1. The molecule has 2 atom stereocenters. The first-order chi connectivity index (χ1) is 15.9. The molecule has 170 valence electrons. The average Bonchev–Trinajstić information content (AvgIpc) is 2.80. The van der Waals surface area contributed by atoms with Crippen molar-refractivity contribution in [1.82, 2.24) is 0 Å². The minimum Gasteiger partial charge on any atom is -0.465 e. The minimum absolute atomic E-state index is 0.0501. The lowest BCUT2D eigenvalue weighted by Gasteiger charge is -2.40. The van der Waals surface area contributed by atoms with E-state index in [1.165, 1.54) is 35.2 Å². The number of benzene rings is 2. The van der Waals surface area contributed by atoms with Crippen LogP contribution in [0.3, 0.4) is 0 Å². The number of carbonyl (C=O) groups excluding carboxylic acids is 2. The molecule has 2 N–H and O–H groups in total. The van der Waals surface area contributed by atoms with Gasteiger partial charge < -0.3 is 15.2 Å². The second kappa shape index (κ2) is 10.5. The molecule has 1 heterocycles. The Hall–Kier alpha value is -4.12. The Morgan fingerprint density at radius 2 is 1.73 bits per heavy atom.